The lowest BCUT2D eigenvalue weighted by atomic mass is 9.92. The summed E-state index contributed by atoms with van der Waals surface area (Å²) in [4.78, 5) is 19.5. The van der Waals surface area contributed by atoms with Crippen LogP contribution in [0.25, 0.3) is 11.4 Å². The molecule has 22 heavy (non-hydrogen) atoms. The largest absolute Gasteiger partial charge is 0.381 e. The van der Waals surface area contributed by atoms with Gasteiger partial charge < -0.3 is 20.8 Å². The highest BCUT2D eigenvalue weighted by molar-refractivity contribution is 5.95. The first-order valence-corrected chi connectivity index (χ1v) is 7.48. The molecule has 1 fully saturated rings. The zero-order valence-electron chi connectivity index (χ0n) is 12.3. The van der Waals surface area contributed by atoms with Gasteiger partial charge in [0.1, 0.15) is 5.82 Å². The van der Waals surface area contributed by atoms with Gasteiger partial charge in [-0.2, -0.15) is 0 Å². The third-order valence-electron chi connectivity index (χ3n) is 4.00. The van der Waals surface area contributed by atoms with Gasteiger partial charge in [0.15, 0.2) is 0 Å². The van der Waals surface area contributed by atoms with Crippen molar-refractivity contribution in [1.82, 2.24) is 9.97 Å². The summed E-state index contributed by atoms with van der Waals surface area (Å²) in [6.45, 7) is 1.37. The summed E-state index contributed by atoms with van der Waals surface area (Å²) < 4.78 is 5.30. The summed E-state index contributed by atoms with van der Waals surface area (Å²) >= 11 is 0. The normalized spacial score (nSPS) is 17.1. The molecule has 1 aliphatic rings. The predicted octanol–water partition coefficient (Wildman–Crippen LogP) is 1.77. The van der Waals surface area contributed by atoms with Crippen molar-refractivity contribution in [2.75, 3.05) is 18.5 Å². The molecule has 0 bridgehead atoms. The number of anilines is 1. The Balaban J connectivity index is 1.61. The van der Waals surface area contributed by atoms with Crippen LogP contribution in [0.15, 0.2) is 36.7 Å². The lowest BCUT2D eigenvalue weighted by molar-refractivity contribution is -0.119. The number of hydrogen-bond donors (Lipinski definition) is 3. The molecule has 0 aliphatic carbocycles. The van der Waals surface area contributed by atoms with Crippen molar-refractivity contribution < 1.29 is 9.53 Å². The Morgan fingerprint density at radius 2 is 2.05 bits per heavy atom. The number of nitrogens with one attached hydrogen (secondary N) is 2. The minimum Gasteiger partial charge on any atom is -0.381 e. The minimum absolute atomic E-state index is 0.141. The standard InChI is InChI=1S/C16H20N4O2/c17-14(11-5-9-22-10-6-11)16(21)20-13-3-1-12(2-4-13)15-18-7-8-19-15/h1-4,7-8,11,14H,5-6,9-10,17H2,(H,18,19)(H,20,21). The summed E-state index contributed by atoms with van der Waals surface area (Å²) in [5.41, 5.74) is 7.77. The fourth-order valence-electron chi connectivity index (χ4n) is 2.65. The molecule has 0 saturated carbocycles. The molecule has 3 rings (SSSR count). The van der Waals surface area contributed by atoms with E-state index in [-0.39, 0.29) is 11.8 Å². The zero-order chi connectivity index (χ0) is 15.4. The van der Waals surface area contributed by atoms with Crippen molar-refractivity contribution in [3.8, 4) is 11.4 Å². The molecule has 1 aliphatic heterocycles. The summed E-state index contributed by atoms with van der Waals surface area (Å²) in [7, 11) is 0. The number of imidazole rings is 1. The van der Waals surface area contributed by atoms with E-state index in [4.69, 9.17) is 10.5 Å². The molecule has 2 heterocycles. The van der Waals surface area contributed by atoms with Crippen molar-refractivity contribution in [2.45, 2.75) is 18.9 Å². The number of benzene rings is 1. The fraction of sp³-hybridized carbons (Fsp3) is 0.375. The second-order valence-corrected chi connectivity index (χ2v) is 5.48. The SMILES string of the molecule is NC(C(=O)Nc1ccc(-c2ncc[nH]2)cc1)C1CCOCC1. The molecule has 0 radical (unpaired) electrons. The van der Waals surface area contributed by atoms with Crippen molar-refractivity contribution in [2.24, 2.45) is 11.7 Å². The lowest BCUT2D eigenvalue weighted by Gasteiger charge is -2.26. The number of carbonyl (C=O) groups excluding carboxylic acids is 1. The summed E-state index contributed by atoms with van der Waals surface area (Å²) in [6, 6.07) is 7.04. The van der Waals surface area contributed by atoms with E-state index in [9.17, 15) is 4.79 Å². The van der Waals surface area contributed by atoms with Crippen molar-refractivity contribution in [1.29, 1.82) is 0 Å². The number of H-pyrrole nitrogens is 1. The summed E-state index contributed by atoms with van der Waals surface area (Å²) in [5, 5.41) is 2.88. The van der Waals surface area contributed by atoms with Crippen LogP contribution in [-0.2, 0) is 9.53 Å². The van der Waals surface area contributed by atoms with Crippen LogP contribution in [-0.4, -0.2) is 35.1 Å². The van der Waals surface area contributed by atoms with Gasteiger partial charge in [-0.25, -0.2) is 4.98 Å². The molecule has 1 saturated heterocycles. The van der Waals surface area contributed by atoms with E-state index >= 15 is 0 Å². The van der Waals surface area contributed by atoms with Crippen LogP contribution in [0, 0.1) is 5.92 Å². The maximum atomic E-state index is 12.2. The third-order valence-corrected chi connectivity index (χ3v) is 4.00. The highest BCUT2D eigenvalue weighted by Crippen LogP contribution is 2.20. The molecule has 1 aromatic carbocycles. The quantitative estimate of drug-likeness (QED) is 0.802. The van der Waals surface area contributed by atoms with Crippen LogP contribution in [0.2, 0.25) is 0 Å². The van der Waals surface area contributed by atoms with Crippen LogP contribution in [0.3, 0.4) is 0 Å². The Kier molecular flexibility index (Phi) is 4.50. The Morgan fingerprint density at radius 3 is 2.68 bits per heavy atom. The highest BCUT2D eigenvalue weighted by Gasteiger charge is 2.26. The molecule has 6 nitrogen and oxygen atoms in total. The van der Waals surface area contributed by atoms with E-state index in [0.717, 1.165) is 29.9 Å². The number of aromatic nitrogens is 2. The molecule has 1 atom stereocenters. The highest BCUT2D eigenvalue weighted by atomic mass is 16.5. The first kappa shape index (κ1) is 14.7. The molecule has 1 unspecified atom stereocenters. The Bertz CT molecular complexity index is 604. The van der Waals surface area contributed by atoms with Gasteiger partial charge in [-0.1, -0.05) is 0 Å². The number of aromatic amines is 1. The van der Waals surface area contributed by atoms with Gasteiger partial charge in [-0.15, -0.1) is 0 Å². The first-order valence-electron chi connectivity index (χ1n) is 7.48. The van der Waals surface area contributed by atoms with Crippen LogP contribution < -0.4 is 11.1 Å². The second kappa shape index (κ2) is 6.72. The second-order valence-electron chi connectivity index (χ2n) is 5.48. The molecule has 1 aromatic heterocycles. The predicted molar refractivity (Wildman–Crippen MR) is 84.2 cm³/mol. The molecular weight excluding hydrogens is 280 g/mol. The maximum absolute atomic E-state index is 12.2. The molecule has 2 aromatic rings. The van der Waals surface area contributed by atoms with E-state index in [1.807, 2.05) is 24.3 Å². The van der Waals surface area contributed by atoms with Gasteiger partial charge in [0.25, 0.3) is 0 Å². The van der Waals surface area contributed by atoms with Gasteiger partial charge in [0.2, 0.25) is 5.91 Å². The van der Waals surface area contributed by atoms with Crippen molar-refractivity contribution >= 4 is 11.6 Å². The zero-order valence-corrected chi connectivity index (χ0v) is 12.3. The van der Waals surface area contributed by atoms with Crippen LogP contribution in [0.5, 0.6) is 0 Å². The number of amides is 1. The monoisotopic (exact) mass is 300 g/mol. The van der Waals surface area contributed by atoms with Gasteiger partial charge >= 0.3 is 0 Å². The van der Waals surface area contributed by atoms with E-state index in [0.29, 0.717) is 13.2 Å². The third kappa shape index (κ3) is 3.35. The van der Waals surface area contributed by atoms with Crippen molar-refractivity contribution in [3.63, 3.8) is 0 Å². The first-order chi connectivity index (χ1) is 10.7. The summed E-state index contributed by atoms with van der Waals surface area (Å²) in [6.07, 6.45) is 5.16. The number of rotatable bonds is 4. The minimum atomic E-state index is -0.492. The summed E-state index contributed by atoms with van der Waals surface area (Å²) in [5.74, 6) is 0.852. The van der Waals surface area contributed by atoms with E-state index in [1.54, 1.807) is 12.4 Å². The van der Waals surface area contributed by atoms with Gasteiger partial charge in [-0.3, -0.25) is 4.79 Å². The van der Waals surface area contributed by atoms with Crippen LogP contribution >= 0.6 is 0 Å². The van der Waals surface area contributed by atoms with Crippen LogP contribution in [0.1, 0.15) is 12.8 Å². The molecule has 0 spiro atoms. The molecule has 6 heteroatoms. The maximum Gasteiger partial charge on any atom is 0.241 e. The number of hydrogen-bond acceptors (Lipinski definition) is 4. The Labute approximate surface area is 129 Å². The average molecular weight is 300 g/mol. The lowest BCUT2D eigenvalue weighted by Crippen LogP contribution is -2.43. The number of nitrogens with two attached hydrogens (primary N) is 1. The average Bonchev–Trinajstić information content (AvgIpc) is 3.10. The topological polar surface area (TPSA) is 93.0 Å². The van der Waals surface area contributed by atoms with Gasteiger partial charge in [-0.05, 0) is 43.0 Å². The fourth-order valence-corrected chi connectivity index (χ4v) is 2.65. The molecule has 116 valence electrons. The van der Waals surface area contributed by atoms with Gasteiger partial charge in [0.05, 0.1) is 6.04 Å². The number of ether oxygens (including phenoxy) is 1. The van der Waals surface area contributed by atoms with E-state index in [2.05, 4.69) is 15.3 Å². The Hall–Kier alpha value is -2.18. The molecule has 1 amide bonds. The van der Waals surface area contributed by atoms with Crippen LogP contribution in [0.4, 0.5) is 5.69 Å². The van der Waals surface area contributed by atoms with Crippen molar-refractivity contribution in [3.05, 3.63) is 36.7 Å². The number of carbonyl (C=O) groups is 1. The van der Waals surface area contributed by atoms with E-state index < -0.39 is 6.04 Å². The van der Waals surface area contributed by atoms with E-state index in [1.165, 1.54) is 0 Å². The molecular formula is C16H20N4O2. The van der Waals surface area contributed by atoms with Gasteiger partial charge in [0, 0.05) is 36.9 Å². The number of nitrogens with zero attached hydrogens (tertiary/aromatic N) is 1. The molecule has 4 N–H and O–H groups in total. The smallest absolute Gasteiger partial charge is 0.241 e. The Morgan fingerprint density at radius 1 is 1.32 bits per heavy atom.